The number of carboxylic acid groups (broad SMARTS) is 1. The molecule has 0 aliphatic heterocycles. The van der Waals surface area contributed by atoms with E-state index in [2.05, 4.69) is 37.2 Å². The SMILES string of the molecule is COc1cc(NCCCCCC(=O)O)c(Br)cc1Br. The van der Waals surface area contributed by atoms with E-state index in [0.29, 0.717) is 0 Å². The van der Waals surface area contributed by atoms with Crippen molar-refractivity contribution in [1.82, 2.24) is 0 Å². The number of hydrogen-bond acceptors (Lipinski definition) is 3. The molecule has 6 heteroatoms. The van der Waals surface area contributed by atoms with Crippen LogP contribution in [0.15, 0.2) is 21.1 Å². The van der Waals surface area contributed by atoms with Crippen molar-refractivity contribution in [2.24, 2.45) is 0 Å². The van der Waals surface area contributed by atoms with Crippen LogP contribution >= 0.6 is 31.9 Å². The number of unbranched alkanes of at least 4 members (excludes halogenated alkanes) is 2. The third-order valence-corrected chi connectivity index (χ3v) is 3.90. The van der Waals surface area contributed by atoms with Gasteiger partial charge in [-0.2, -0.15) is 0 Å². The highest BCUT2D eigenvalue weighted by molar-refractivity contribution is 9.11. The standard InChI is InChI=1S/C13H17Br2NO3/c1-19-12-8-11(9(14)7-10(12)15)16-6-4-2-3-5-13(17)18/h7-8,16H,2-6H2,1H3,(H,17,18). The highest BCUT2D eigenvalue weighted by Crippen LogP contribution is 2.34. The van der Waals surface area contributed by atoms with Crippen molar-refractivity contribution in [3.63, 3.8) is 0 Å². The Labute approximate surface area is 129 Å². The van der Waals surface area contributed by atoms with Gasteiger partial charge in [-0.05, 0) is 50.8 Å². The van der Waals surface area contributed by atoms with E-state index in [0.717, 1.165) is 46.2 Å². The summed E-state index contributed by atoms with van der Waals surface area (Å²) in [7, 11) is 1.63. The molecule has 1 aromatic carbocycles. The van der Waals surface area contributed by atoms with Gasteiger partial charge in [-0.25, -0.2) is 0 Å². The zero-order chi connectivity index (χ0) is 14.3. The number of benzene rings is 1. The van der Waals surface area contributed by atoms with Crippen LogP contribution in [0.25, 0.3) is 0 Å². The number of carboxylic acids is 1. The van der Waals surface area contributed by atoms with Gasteiger partial charge in [0.1, 0.15) is 5.75 Å². The Balaban J connectivity index is 2.39. The number of methoxy groups -OCH3 is 1. The predicted molar refractivity (Wildman–Crippen MR) is 83.0 cm³/mol. The minimum atomic E-state index is -0.728. The lowest BCUT2D eigenvalue weighted by Gasteiger charge is -2.11. The van der Waals surface area contributed by atoms with E-state index in [1.54, 1.807) is 7.11 Å². The average molecular weight is 395 g/mol. The second-order valence-corrected chi connectivity index (χ2v) is 5.81. The van der Waals surface area contributed by atoms with Gasteiger partial charge in [-0.15, -0.1) is 0 Å². The summed E-state index contributed by atoms with van der Waals surface area (Å²) in [6.45, 7) is 0.809. The molecular weight excluding hydrogens is 378 g/mol. The van der Waals surface area contributed by atoms with Crippen LogP contribution < -0.4 is 10.1 Å². The number of ether oxygens (including phenoxy) is 1. The summed E-state index contributed by atoms with van der Waals surface area (Å²) in [4.78, 5) is 10.4. The van der Waals surface area contributed by atoms with E-state index in [4.69, 9.17) is 9.84 Å². The molecule has 0 fully saturated rings. The molecule has 0 aliphatic rings. The van der Waals surface area contributed by atoms with Crippen LogP contribution in [0.5, 0.6) is 5.75 Å². The molecule has 0 unspecified atom stereocenters. The van der Waals surface area contributed by atoms with Gasteiger partial charge in [0.05, 0.1) is 17.3 Å². The first-order valence-corrected chi connectivity index (χ1v) is 7.62. The number of anilines is 1. The van der Waals surface area contributed by atoms with Crippen molar-refractivity contribution < 1.29 is 14.6 Å². The fraction of sp³-hybridized carbons (Fsp3) is 0.462. The fourth-order valence-corrected chi connectivity index (χ4v) is 2.92. The largest absolute Gasteiger partial charge is 0.495 e. The Morgan fingerprint density at radius 1 is 1.26 bits per heavy atom. The number of rotatable bonds is 8. The van der Waals surface area contributed by atoms with Crippen LogP contribution in [0.3, 0.4) is 0 Å². The molecule has 4 nitrogen and oxygen atoms in total. The van der Waals surface area contributed by atoms with E-state index in [9.17, 15) is 4.79 Å². The van der Waals surface area contributed by atoms with Gasteiger partial charge in [0.15, 0.2) is 0 Å². The lowest BCUT2D eigenvalue weighted by Crippen LogP contribution is -2.03. The summed E-state index contributed by atoms with van der Waals surface area (Å²) in [6.07, 6.45) is 2.82. The summed E-state index contributed by atoms with van der Waals surface area (Å²) < 4.78 is 7.10. The van der Waals surface area contributed by atoms with Crippen LogP contribution in [0.2, 0.25) is 0 Å². The van der Waals surface area contributed by atoms with Crippen LogP contribution in [0, 0.1) is 0 Å². The predicted octanol–water partition coefficient (Wildman–Crippen LogP) is 4.28. The highest BCUT2D eigenvalue weighted by atomic mass is 79.9. The molecule has 106 valence electrons. The first-order chi connectivity index (χ1) is 9.04. The van der Waals surface area contributed by atoms with Crippen molar-refractivity contribution in [1.29, 1.82) is 0 Å². The van der Waals surface area contributed by atoms with E-state index < -0.39 is 5.97 Å². The number of carbonyl (C=O) groups is 1. The van der Waals surface area contributed by atoms with Crippen LogP contribution in [0.1, 0.15) is 25.7 Å². The summed E-state index contributed by atoms with van der Waals surface area (Å²) in [5, 5.41) is 11.8. The van der Waals surface area contributed by atoms with E-state index in [1.165, 1.54) is 0 Å². The average Bonchev–Trinajstić information content (AvgIpc) is 2.35. The van der Waals surface area contributed by atoms with Crippen LogP contribution in [0.4, 0.5) is 5.69 Å². The van der Waals surface area contributed by atoms with Gasteiger partial charge < -0.3 is 15.2 Å². The van der Waals surface area contributed by atoms with Crippen LogP contribution in [-0.2, 0) is 4.79 Å². The number of aliphatic carboxylic acids is 1. The lowest BCUT2D eigenvalue weighted by molar-refractivity contribution is -0.137. The molecule has 0 bridgehead atoms. The Hall–Kier alpha value is -0.750. The Morgan fingerprint density at radius 2 is 2.00 bits per heavy atom. The third kappa shape index (κ3) is 5.82. The quantitative estimate of drug-likeness (QED) is 0.646. The van der Waals surface area contributed by atoms with Crippen molar-refractivity contribution in [2.75, 3.05) is 19.0 Å². The van der Waals surface area contributed by atoms with Gasteiger partial charge in [0.2, 0.25) is 0 Å². The number of nitrogens with one attached hydrogen (secondary N) is 1. The zero-order valence-electron chi connectivity index (χ0n) is 10.7. The zero-order valence-corrected chi connectivity index (χ0v) is 13.9. The molecule has 2 N–H and O–H groups in total. The molecule has 19 heavy (non-hydrogen) atoms. The molecule has 0 aromatic heterocycles. The van der Waals surface area contributed by atoms with Crippen molar-refractivity contribution >= 4 is 43.5 Å². The molecule has 0 radical (unpaired) electrons. The molecule has 0 spiro atoms. The maximum absolute atomic E-state index is 10.4. The van der Waals surface area contributed by atoms with Crippen LogP contribution in [-0.4, -0.2) is 24.7 Å². The summed E-state index contributed by atoms with van der Waals surface area (Å²) >= 11 is 6.91. The number of hydrogen-bond donors (Lipinski definition) is 2. The molecule has 0 saturated heterocycles. The second-order valence-electron chi connectivity index (χ2n) is 4.10. The number of halogens is 2. The van der Waals surface area contributed by atoms with Gasteiger partial charge in [-0.3, -0.25) is 4.79 Å². The molecule has 0 heterocycles. The van der Waals surface area contributed by atoms with Gasteiger partial charge in [-0.1, -0.05) is 6.42 Å². The normalized spacial score (nSPS) is 10.3. The maximum Gasteiger partial charge on any atom is 0.303 e. The fourth-order valence-electron chi connectivity index (χ4n) is 1.62. The minimum Gasteiger partial charge on any atom is -0.495 e. The van der Waals surface area contributed by atoms with E-state index in [1.807, 2.05) is 12.1 Å². The van der Waals surface area contributed by atoms with Crippen molar-refractivity contribution in [3.8, 4) is 5.75 Å². The van der Waals surface area contributed by atoms with E-state index >= 15 is 0 Å². The summed E-state index contributed by atoms with van der Waals surface area (Å²) in [5.74, 6) is 0.0462. The van der Waals surface area contributed by atoms with Gasteiger partial charge in [0.25, 0.3) is 0 Å². The molecule has 1 aromatic rings. The highest BCUT2D eigenvalue weighted by Gasteiger charge is 2.06. The molecule has 0 atom stereocenters. The first-order valence-electron chi connectivity index (χ1n) is 6.03. The summed E-state index contributed by atoms with van der Waals surface area (Å²) in [6, 6.07) is 3.86. The Kier molecular flexibility index (Phi) is 7.23. The first kappa shape index (κ1) is 16.3. The van der Waals surface area contributed by atoms with Crippen molar-refractivity contribution in [3.05, 3.63) is 21.1 Å². The molecule has 1 rings (SSSR count). The van der Waals surface area contributed by atoms with Gasteiger partial charge in [0, 0.05) is 23.5 Å². The smallest absolute Gasteiger partial charge is 0.303 e. The Morgan fingerprint density at radius 3 is 2.63 bits per heavy atom. The molecule has 0 saturated carbocycles. The molecule has 0 amide bonds. The monoisotopic (exact) mass is 393 g/mol. The van der Waals surface area contributed by atoms with Crippen molar-refractivity contribution in [2.45, 2.75) is 25.7 Å². The van der Waals surface area contributed by atoms with E-state index in [-0.39, 0.29) is 6.42 Å². The minimum absolute atomic E-state index is 0.246. The lowest BCUT2D eigenvalue weighted by atomic mass is 10.2. The van der Waals surface area contributed by atoms with Gasteiger partial charge >= 0.3 is 5.97 Å². The summed E-state index contributed by atoms with van der Waals surface area (Å²) in [5.41, 5.74) is 0.971. The second kappa shape index (κ2) is 8.43. The molecular formula is C13H17Br2NO3. The maximum atomic E-state index is 10.4. The molecule has 0 aliphatic carbocycles. The Bertz CT molecular complexity index is 438. The topological polar surface area (TPSA) is 58.6 Å². The third-order valence-electron chi connectivity index (χ3n) is 2.62.